The summed E-state index contributed by atoms with van der Waals surface area (Å²) in [7, 11) is -4.59. The van der Waals surface area contributed by atoms with Gasteiger partial charge in [-0.05, 0) is 82.2 Å². The van der Waals surface area contributed by atoms with E-state index >= 15 is 0 Å². The molecular formula is C29H42FN3O5S2Si. The number of benzene rings is 1. The maximum absolute atomic E-state index is 14.4. The van der Waals surface area contributed by atoms with Gasteiger partial charge in [0.1, 0.15) is 27.4 Å². The largest absolute Gasteiger partial charge is 0.444 e. The van der Waals surface area contributed by atoms with Crippen molar-refractivity contribution in [1.29, 1.82) is 5.26 Å². The molecule has 1 aliphatic rings. The van der Waals surface area contributed by atoms with Crippen LogP contribution in [0.3, 0.4) is 0 Å². The number of halogens is 1. The van der Waals surface area contributed by atoms with Gasteiger partial charge in [-0.3, -0.25) is 5.32 Å². The summed E-state index contributed by atoms with van der Waals surface area (Å²) >= 11 is 1.18. The van der Waals surface area contributed by atoms with Crippen molar-refractivity contribution in [3.63, 3.8) is 0 Å². The van der Waals surface area contributed by atoms with Crippen molar-refractivity contribution in [3.05, 3.63) is 46.1 Å². The van der Waals surface area contributed by atoms with Gasteiger partial charge in [-0.25, -0.2) is 21.9 Å². The highest BCUT2D eigenvalue weighted by atomic mass is 32.2. The van der Waals surface area contributed by atoms with Crippen LogP contribution in [0.5, 0.6) is 0 Å². The Kier molecular flexibility index (Phi) is 9.82. The zero-order chi connectivity index (χ0) is 31.0. The van der Waals surface area contributed by atoms with E-state index in [0.717, 1.165) is 10.4 Å². The van der Waals surface area contributed by atoms with Crippen molar-refractivity contribution in [2.75, 3.05) is 18.9 Å². The summed E-state index contributed by atoms with van der Waals surface area (Å²) in [6.07, 6.45) is 0.544. The summed E-state index contributed by atoms with van der Waals surface area (Å²) < 4.78 is 55.3. The molecule has 41 heavy (non-hydrogen) atoms. The van der Waals surface area contributed by atoms with Gasteiger partial charge in [0.05, 0.1) is 0 Å². The highest BCUT2D eigenvalue weighted by molar-refractivity contribution is 7.89. The molecule has 1 aromatic heterocycles. The number of ether oxygens (including phenoxy) is 1. The van der Waals surface area contributed by atoms with Crippen LogP contribution in [0, 0.1) is 22.6 Å². The third-order valence-corrected chi connectivity index (χ3v) is 11.1. The predicted octanol–water partition coefficient (Wildman–Crippen LogP) is 6.74. The summed E-state index contributed by atoms with van der Waals surface area (Å²) in [5, 5.41) is 13.4. The van der Waals surface area contributed by atoms with Crippen molar-refractivity contribution in [2.45, 2.75) is 95.9 Å². The molecule has 226 valence electrons. The number of rotatable bonds is 8. The van der Waals surface area contributed by atoms with E-state index in [9.17, 15) is 22.9 Å². The fourth-order valence-electron chi connectivity index (χ4n) is 5.09. The van der Waals surface area contributed by atoms with E-state index in [1.165, 1.54) is 34.8 Å². The number of carbonyl (C=O) groups is 1. The lowest BCUT2D eigenvalue weighted by Crippen LogP contribution is -2.41. The molecule has 3 rings (SSSR count). The molecule has 0 aliphatic heterocycles. The number of hydrogen-bond donors (Lipinski definition) is 1. The number of nitriles is 1. The maximum atomic E-state index is 14.4. The van der Waals surface area contributed by atoms with Crippen molar-refractivity contribution in [3.8, 4) is 6.07 Å². The second kappa shape index (κ2) is 12.1. The van der Waals surface area contributed by atoms with Crippen molar-refractivity contribution in [1.82, 2.24) is 4.31 Å². The molecule has 1 N–H and O–H groups in total. The molecule has 1 heterocycles. The second-order valence-corrected chi connectivity index (χ2v) is 18.3. The van der Waals surface area contributed by atoms with Crippen LogP contribution in [0.1, 0.15) is 76.3 Å². The first-order valence-corrected chi connectivity index (χ1v) is 18.8. The minimum absolute atomic E-state index is 0.0611. The highest BCUT2D eigenvalue weighted by Crippen LogP contribution is 2.57. The van der Waals surface area contributed by atoms with Crippen molar-refractivity contribution < 1.29 is 26.8 Å². The number of amides is 1. The fourth-order valence-corrected chi connectivity index (χ4v) is 9.68. The molecule has 0 saturated heterocycles. The van der Waals surface area contributed by atoms with Crippen LogP contribution in [-0.4, -0.2) is 47.0 Å². The molecule has 0 bridgehead atoms. The van der Waals surface area contributed by atoms with Crippen molar-refractivity contribution in [2.24, 2.45) is 5.41 Å². The van der Waals surface area contributed by atoms with E-state index in [1.807, 2.05) is 13.1 Å². The molecule has 12 heteroatoms. The number of anilines is 1. The van der Waals surface area contributed by atoms with Crippen molar-refractivity contribution >= 4 is 41.5 Å². The molecule has 1 aliphatic carbocycles. The smallest absolute Gasteiger partial charge is 0.412 e. The van der Waals surface area contributed by atoms with Gasteiger partial charge >= 0.3 is 6.09 Å². The lowest BCUT2D eigenvalue weighted by molar-refractivity contribution is 0.0635. The Bertz CT molecular complexity index is 1410. The average Bonchev–Trinajstić information content (AvgIpc) is 3.21. The van der Waals surface area contributed by atoms with Gasteiger partial charge in [0.25, 0.3) is 0 Å². The summed E-state index contributed by atoms with van der Waals surface area (Å²) in [6.45, 7) is 15.4. The predicted molar refractivity (Wildman–Crippen MR) is 163 cm³/mol. The van der Waals surface area contributed by atoms with Crippen LogP contribution in [0.15, 0.2) is 29.2 Å². The zero-order valence-electron chi connectivity index (χ0n) is 25.4. The van der Waals surface area contributed by atoms with Gasteiger partial charge in [-0.1, -0.05) is 32.9 Å². The van der Waals surface area contributed by atoms with E-state index in [-0.39, 0.29) is 33.6 Å². The second-order valence-electron chi connectivity index (χ2n) is 12.9. The summed E-state index contributed by atoms with van der Waals surface area (Å²) in [5.41, 5.74) is -1.39. The number of fused-ring (bicyclic) bond motifs is 1. The number of carbonyl (C=O) groups excluding carboxylic acids is 1. The molecule has 8 nitrogen and oxygen atoms in total. The first kappa shape index (κ1) is 33.2. The van der Waals surface area contributed by atoms with Gasteiger partial charge in [0.2, 0.25) is 10.0 Å². The molecule has 0 radical (unpaired) electrons. The topological polar surface area (TPSA) is 109 Å². The monoisotopic (exact) mass is 623 g/mol. The number of nitrogens with zero attached hydrogens (tertiary/aromatic N) is 2. The minimum atomic E-state index is -4.24. The SMILES string of the molecule is CN(CCc1ccc(F)cc1)S(=O)(=O)c1c(NC(=O)OC(C)(C)C)sc2c1C(C#N)(O[SiH](C)C)CCC2C(C)(C)C. The number of nitrogens with one attached hydrogen (secondary N) is 1. The summed E-state index contributed by atoms with van der Waals surface area (Å²) in [5.74, 6) is -0.429. The molecule has 0 saturated carbocycles. The van der Waals surface area contributed by atoms with Gasteiger partial charge in [0.15, 0.2) is 14.6 Å². The molecular weight excluding hydrogens is 582 g/mol. The third kappa shape index (κ3) is 7.56. The van der Waals surface area contributed by atoms with Crippen LogP contribution in [0.25, 0.3) is 0 Å². The molecule has 1 aromatic carbocycles. The quantitative estimate of drug-likeness (QED) is 0.326. The average molecular weight is 624 g/mol. The van der Waals surface area contributed by atoms with Crippen LogP contribution >= 0.6 is 11.3 Å². The Balaban J connectivity index is 2.23. The van der Waals surface area contributed by atoms with E-state index in [1.54, 1.807) is 32.9 Å². The Morgan fingerprint density at radius 2 is 1.83 bits per heavy atom. The molecule has 2 atom stereocenters. The first-order chi connectivity index (χ1) is 18.8. The van der Waals surface area contributed by atoms with E-state index in [4.69, 9.17) is 9.16 Å². The van der Waals surface area contributed by atoms with E-state index < -0.39 is 36.4 Å². The Labute approximate surface area is 249 Å². The molecule has 2 unspecified atom stereocenters. The zero-order valence-corrected chi connectivity index (χ0v) is 28.2. The fraction of sp³-hybridized carbons (Fsp3) is 0.586. The molecule has 1 amide bonds. The standard InChI is InChI=1S/C29H42FN3O5S2Si/c1-27(2,3)21-14-16-29(18-31,38-41(8)9)22-23(21)39-25(32-26(34)37-28(4,5)6)24(22)40(35,36)33(7)17-15-19-10-12-20(30)13-11-19/h10-13,21,41H,14-17H2,1-9H3,(H,32,34). The number of sulfonamides is 1. The lowest BCUT2D eigenvalue weighted by atomic mass is 9.69. The van der Waals surface area contributed by atoms with Crippen LogP contribution in [0.4, 0.5) is 14.2 Å². The van der Waals surface area contributed by atoms with Gasteiger partial charge in [-0.15, -0.1) is 11.3 Å². The Morgan fingerprint density at radius 1 is 1.22 bits per heavy atom. The Hall–Kier alpha value is -2.30. The lowest BCUT2D eigenvalue weighted by Gasteiger charge is -2.41. The summed E-state index contributed by atoms with van der Waals surface area (Å²) in [4.78, 5) is 13.6. The first-order valence-electron chi connectivity index (χ1n) is 13.8. The van der Waals surface area contributed by atoms with Gasteiger partial charge in [0, 0.05) is 24.0 Å². The number of hydrogen-bond acceptors (Lipinski definition) is 7. The molecule has 0 fully saturated rings. The van der Waals surface area contributed by atoms with Gasteiger partial charge in [-0.2, -0.15) is 5.26 Å². The minimum Gasteiger partial charge on any atom is -0.444 e. The highest BCUT2D eigenvalue weighted by Gasteiger charge is 2.51. The van der Waals surface area contributed by atoms with Gasteiger partial charge < -0.3 is 9.16 Å². The molecule has 2 aromatic rings. The van der Waals surface area contributed by atoms with E-state index in [0.29, 0.717) is 24.8 Å². The normalized spacial score (nSPS) is 19.6. The summed E-state index contributed by atoms with van der Waals surface area (Å²) in [6, 6.07) is 8.26. The van der Waals surface area contributed by atoms with Crippen LogP contribution in [-0.2, 0) is 31.2 Å². The van der Waals surface area contributed by atoms with Crippen LogP contribution < -0.4 is 5.32 Å². The van der Waals surface area contributed by atoms with E-state index in [2.05, 4.69) is 32.2 Å². The maximum Gasteiger partial charge on any atom is 0.412 e. The third-order valence-electron chi connectivity index (χ3n) is 6.97. The molecule has 0 spiro atoms. The number of likely N-dealkylation sites (N-methyl/N-ethyl adjacent to an activating group) is 1. The number of thiophene rings is 1. The van der Waals surface area contributed by atoms with Crippen LogP contribution in [0.2, 0.25) is 13.1 Å². The Morgan fingerprint density at radius 3 is 2.34 bits per heavy atom.